The van der Waals surface area contributed by atoms with Crippen molar-refractivity contribution in [2.45, 2.75) is 19.4 Å². The third-order valence-electron chi connectivity index (χ3n) is 4.83. The largest absolute Gasteiger partial charge is 0.489 e. The Labute approximate surface area is 184 Å². The zero-order valence-electron chi connectivity index (χ0n) is 17.2. The Morgan fingerprint density at radius 3 is 2.78 bits per heavy atom. The summed E-state index contributed by atoms with van der Waals surface area (Å²) in [6, 6.07) is 23.5. The molecule has 2 N–H and O–H groups in total. The topological polar surface area (TPSA) is 108 Å². The van der Waals surface area contributed by atoms with E-state index in [1.54, 1.807) is 54.6 Å². The number of hydrogen-bond acceptors (Lipinski definition) is 5. The van der Waals surface area contributed by atoms with Crippen molar-refractivity contribution in [1.82, 2.24) is 9.97 Å². The van der Waals surface area contributed by atoms with Crippen LogP contribution >= 0.6 is 0 Å². The van der Waals surface area contributed by atoms with Gasteiger partial charge in [-0.1, -0.05) is 30.3 Å². The van der Waals surface area contributed by atoms with Crippen molar-refractivity contribution in [3.05, 3.63) is 100 Å². The van der Waals surface area contributed by atoms with Crippen molar-refractivity contribution in [3.63, 3.8) is 0 Å². The summed E-state index contributed by atoms with van der Waals surface area (Å²) >= 11 is 0. The molecule has 7 nitrogen and oxygen atoms in total. The number of amides is 1. The highest BCUT2D eigenvalue weighted by atomic mass is 16.5. The van der Waals surface area contributed by atoms with Crippen LogP contribution in [0.2, 0.25) is 0 Å². The zero-order chi connectivity index (χ0) is 22.3. The Morgan fingerprint density at radius 2 is 1.91 bits per heavy atom. The molecule has 3 aromatic carbocycles. The molecule has 158 valence electrons. The fraction of sp³-hybridized carbons (Fsp3) is 0.120. The number of nitrogens with zero attached hydrogens (tertiary/aromatic N) is 2. The van der Waals surface area contributed by atoms with Gasteiger partial charge >= 0.3 is 0 Å². The second-order valence-corrected chi connectivity index (χ2v) is 7.21. The summed E-state index contributed by atoms with van der Waals surface area (Å²) in [5, 5.41) is 12.4. The minimum absolute atomic E-state index is 0.174. The van der Waals surface area contributed by atoms with Gasteiger partial charge in [0.2, 0.25) is 5.91 Å². The van der Waals surface area contributed by atoms with E-state index in [1.165, 1.54) is 0 Å². The van der Waals surface area contributed by atoms with Gasteiger partial charge in [-0.2, -0.15) is 5.26 Å². The molecule has 4 aromatic rings. The number of carbonyl (C=O) groups excluding carboxylic acids is 1. The molecule has 0 aliphatic heterocycles. The first-order valence-corrected chi connectivity index (χ1v) is 10.1. The Balaban J connectivity index is 1.34. The molecule has 1 amide bonds. The van der Waals surface area contributed by atoms with E-state index in [2.05, 4.69) is 21.4 Å². The van der Waals surface area contributed by atoms with Gasteiger partial charge in [-0.3, -0.25) is 9.59 Å². The maximum atomic E-state index is 12.4. The number of aromatic nitrogens is 2. The second kappa shape index (κ2) is 9.58. The fourth-order valence-corrected chi connectivity index (χ4v) is 3.27. The Morgan fingerprint density at radius 1 is 1.06 bits per heavy atom. The van der Waals surface area contributed by atoms with Crippen LogP contribution in [-0.4, -0.2) is 15.9 Å². The lowest BCUT2D eigenvalue weighted by atomic mass is 10.1. The zero-order valence-corrected chi connectivity index (χ0v) is 17.2. The van der Waals surface area contributed by atoms with Crippen molar-refractivity contribution >= 4 is 22.5 Å². The number of fused-ring (bicyclic) bond motifs is 1. The fourth-order valence-electron chi connectivity index (χ4n) is 3.27. The predicted molar refractivity (Wildman–Crippen MR) is 121 cm³/mol. The van der Waals surface area contributed by atoms with Crippen molar-refractivity contribution in [2.24, 2.45) is 0 Å². The van der Waals surface area contributed by atoms with Crippen LogP contribution in [0.25, 0.3) is 10.9 Å². The van der Waals surface area contributed by atoms with E-state index < -0.39 is 0 Å². The summed E-state index contributed by atoms with van der Waals surface area (Å²) in [7, 11) is 0. The lowest BCUT2D eigenvalue weighted by Gasteiger charge is -2.10. The third-order valence-corrected chi connectivity index (χ3v) is 4.83. The van der Waals surface area contributed by atoms with E-state index in [9.17, 15) is 9.59 Å². The third kappa shape index (κ3) is 5.18. The molecule has 0 bridgehead atoms. The normalized spacial score (nSPS) is 10.5. The summed E-state index contributed by atoms with van der Waals surface area (Å²) in [5.74, 6) is 0.880. The lowest BCUT2D eigenvalue weighted by molar-refractivity contribution is -0.116. The van der Waals surface area contributed by atoms with Crippen LogP contribution < -0.4 is 15.6 Å². The number of rotatable bonds is 7. The molecule has 0 unspecified atom stereocenters. The second-order valence-electron chi connectivity index (χ2n) is 7.21. The van der Waals surface area contributed by atoms with E-state index >= 15 is 0 Å². The van der Waals surface area contributed by atoms with Crippen molar-refractivity contribution in [1.29, 1.82) is 5.26 Å². The van der Waals surface area contributed by atoms with Crippen LogP contribution in [0.5, 0.6) is 5.75 Å². The summed E-state index contributed by atoms with van der Waals surface area (Å²) < 4.78 is 5.79. The first-order valence-electron chi connectivity index (χ1n) is 10.1. The molecule has 1 aromatic heterocycles. The summed E-state index contributed by atoms with van der Waals surface area (Å²) in [4.78, 5) is 31.7. The first-order chi connectivity index (χ1) is 15.6. The standard InChI is InChI=1S/C25H20N4O3/c26-15-17-5-3-6-18(13-17)16-32-20-8-4-7-19(14-20)27-24(30)12-11-23-28-22-10-2-1-9-21(22)25(31)29-23/h1-10,13-14H,11-12,16H2,(H,27,30)(H,28,29,31). The van der Waals surface area contributed by atoms with Crippen LogP contribution in [0.4, 0.5) is 5.69 Å². The molecule has 7 heteroatoms. The van der Waals surface area contributed by atoms with Crippen LogP contribution in [0, 0.1) is 11.3 Å². The molecule has 0 aliphatic rings. The number of H-pyrrole nitrogens is 1. The molecule has 0 saturated heterocycles. The Kier molecular flexibility index (Phi) is 6.23. The minimum atomic E-state index is -0.212. The lowest BCUT2D eigenvalue weighted by Crippen LogP contribution is -2.16. The number of hydrogen-bond donors (Lipinski definition) is 2. The number of benzene rings is 3. The van der Waals surface area contributed by atoms with Crippen LogP contribution in [0.1, 0.15) is 23.4 Å². The summed E-state index contributed by atoms with van der Waals surface area (Å²) in [6.45, 7) is 0.313. The molecule has 32 heavy (non-hydrogen) atoms. The molecule has 4 rings (SSSR count). The van der Waals surface area contributed by atoms with E-state index in [4.69, 9.17) is 10.00 Å². The molecule has 0 saturated carbocycles. The van der Waals surface area contributed by atoms with Gasteiger partial charge in [0.25, 0.3) is 5.56 Å². The van der Waals surface area contributed by atoms with Crippen LogP contribution in [0.3, 0.4) is 0 Å². The quantitative estimate of drug-likeness (QED) is 0.467. The predicted octanol–water partition coefficient (Wildman–Crippen LogP) is 3.95. The average Bonchev–Trinajstić information content (AvgIpc) is 2.82. The van der Waals surface area contributed by atoms with E-state index in [1.807, 2.05) is 18.2 Å². The highest BCUT2D eigenvalue weighted by Gasteiger charge is 2.08. The van der Waals surface area contributed by atoms with Gasteiger partial charge in [0.05, 0.1) is 22.5 Å². The van der Waals surface area contributed by atoms with Crippen molar-refractivity contribution in [2.75, 3.05) is 5.32 Å². The van der Waals surface area contributed by atoms with Gasteiger partial charge in [-0.15, -0.1) is 0 Å². The Hall–Kier alpha value is -4.44. The number of aryl methyl sites for hydroxylation is 1. The van der Waals surface area contributed by atoms with E-state index in [0.717, 1.165) is 5.56 Å². The van der Waals surface area contributed by atoms with Gasteiger partial charge in [0.15, 0.2) is 0 Å². The van der Waals surface area contributed by atoms with E-state index in [0.29, 0.717) is 46.8 Å². The summed E-state index contributed by atoms with van der Waals surface area (Å²) in [5.41, 5.74) is 2.47. The van der Waals surface area contributed by atoms with Crippen LogP contribution in [-0.2, 0) is 17.8 Å². The van der Waals surface area contributed by atoms with E-state index in [-0.39, 0.29) is 17.9 Å². The molecular formula is C25H20N4O3. The number of carbonyl (C=O) groups is 1. The monoisotopic (exact) mass is 424 g/mol. The molecule has 0 fully saturated rings. The number of nitriles is 1. The smallest absolute Gasteiger partial charge is 0.258 e. The summed E-state index contributed by atoms with van der Waals surface area (Å²) in [6.07, 6.45) is 0.491. The number of nitrogens with one attached hydrogen (secondary N) is 2. The Bertz CT molecular complexity index is 1370. The SMILES string of the molecule is N#Cc1cccc(COc2cccc(NC(=O)CCc3nc4ccccc4c(=O)[nH]3)c2)c1. The van der Waals surface area contributed by atoms with Crippen molar-refractivity contribution < 1.29 is 9.53 Å². The molecule has 0 radical (unpaired) electrons. The average molecular weight is 424 g/mol. The van der Waals surface area contributed by atoms with Gasteiger partial charge in [-0.05, 0) is 42.0 Å². The maximum Gasteiger partial charge on any atom is 0.258 e. The molecule has 1 heterocycles. The molecule has 0 spiro atoms. The molecular weight excluding hydrogens is 404 g/mol. The number of ether oxygens (including phenoxy) is 1. The van der Waals surface area contributed by atoms with Crippen molar-refractivity contribution in [3.8, 4) is 11.8 Å². The van der Waals surface area contributed by atoms with Gasteiger partial charge in [0, 0.05) is 24.6 Å². The number of aromatic amines is 1. The molecule has 0 atom stereocenters. The van der Waals surface area contributed by atoms with Gasteiger partial charge in [-0.25, -0.2) is 4.98 Å². The highest BCUT2D eigenvalue weighted by molar-refractivity contribution is 5.91. The van der Waals surface area contributed by atoms with Gasteiger partial charge in [0.1, 0.15) is 18.2 Å². The van der Waals surface area contributed by atoms with Crippen LogP contribution in [0.15, 0.2) is 77.6 Å². The number of para-hydroxylation sites is 1. The highest BCUT2D eigenvalue weighted by Crippen LogP contribution is 2.19. The number of anilines is 1. The minimum Gasteiger partial charge on any atom is -0.489 e. The molecule has 0 aliphatic carbocycles. The maximum absolute atomic E-state index is 12.4. The first kappa shape index (κ1) is 20.8. The van der Waals surface area contributed by atoms with Gasteiger partial charge < -0.3 is 15.0 Å².